The molecule has 1 saturated carbocycles. The van der Waals surface area contributed by atoms with Crippen LogP contribution in [0.5, 0.6) is 0 Å². The van der Waals surface area contributed by atoms with E-state index in [1.54, 1.807) is 0 Å². The van der Waals surface area contributed by atoms with Crippen LogP contribution < -0.4 is 5.43 Å². The van der Waals surface area contributed by atoms with Gasteiger partial charge in [0.25, 0.3) is 0 Å². The molecule has 1 N–H and O–H groups in total. The lowest BCUT2D eigenvalue weighted by Crippen LogP contribution is -2.41. The number of rotatable bonds is 1. The Hall–Kier alpha value is -1.48. The molecule has 0 saturated heterocycles. The van der Waals surface area contributed by atoms with Crippen molar-refractivity contribution < 1.29 is 0 Å². The van der Waals surface area contributed by atoms with Crippen molar-refractivity contribution >= 4 is 27.6 Å². The van der Waals surface area contributed by atoms with Gasteiger partial charge in [0.2, 0.25) is 0 Å². The van der Waals surface area contributed by atoms with E-state index in [0.717, 1.165) is 11.0 Å². The molecular formula is C21H26N2S. The molecule has 3 heteroatoms. The van der Waals surface area contributed by atoms with Crippen LogP contribution in [-0.4, -0.2) is 9.91 Å². The van der Waals surface area contributed by atoms with Gasteiger partial charge in [-0.2, -0.15) is 5.10 Å². The predicted octanol–water partition coefficient (Wildman–Crippen LogP) is 5.77. The molecule has 0 aromatic heterocycles. The molecule has 0 atom stereocenters. The number of fused-ring (bicyclic) bond motifs is 1. The maximum absolute atomic E-state index is 4.75. The molecule has 2 aromatic carbocycles. The van der Waals surface area contributed by atoms with Gasteiger partial charge in [-0.25, -0.2) is 0 Å². The lowest BCUT2D eigenvalue weighted by atomic mass is 9.71. The number of nitrogens with one attached hydrogen (secondary N) is 1. The van der Waals surface area contributed by atoms with Gasteiger partial charge in [0, 0.05) is 5.56 Å². The third-order valence-corrected chi connectivity index (χ3v) is 7.09. The molecule has 126 valence electrons. The summed E-state index contributed by atoms with van der Waals surface area (Å²) in [5.74, 6) is 0.826. The monoisotopic (exact) mass is 338 g/mol. The Labute approximate surface area is 149 Å². The first-order chi connectivity index (χ1) is 11.5. The summed E-state index contributed by atoms with van der Waals surface area (Å²) in [5, 5.41) is 8.49. The van der Waals surface area contributed by atoms with E-state index in [0.29, 0.717) is 5.41 Å². The predicted molar refractivity (Wildman–Crippen MR) is 105 cm³/mol. The first-order valence-corrected chi connectivity index (χ1v) is 9.81. The Morgan fingerprint density at radius 1 is 1.04 bits per heavy atom. The second-order valence-electron chi connectivity index (χ2n) is 8.29. The first kappa shape index (κ1) is 16.0. The van der Waals surface area contributed by atoms with Gasteiger partial charge >= 0.3 is 0 Å². The lowest BCUT2D eigenvalue weighted by Gasteiger charge is -2.41. The molecule has 0 amide bonds. The summed E-state index contributed by atoms with van der Waals surface area (Å²) in [4.78, 5) is 0.119. The van der Waals surface area contributed by atoms with Crippen LogP contribution in [0.25, 0.3) is 10.8 Å². The highest BCUT2D eigenvalue weighted by Crippen LogP contribution is 2.48. The van der Waals surface area contributed by atoms with Gasteiger partial charge in [0.15, 0.2) is 0 Å². The highest BCUT2D eigenvalue weighted by atomic mass is 32.2. The van der Waals surface area contributed by atoms with Gasteiger partial charge in [0.05, 0.1) is 0 Å². The maximum Gasteiger partial charge on any atom is 0.126 e. The van der Waals surface area contributed by atoms with Crippen molar-refractivity contribution in [2.45, 2.75) is 51.3 Å². The first-order valence-electron chi connectivity index (χ1n) is 8.99. The van der Waals surface area contributed by atoms with E-state index < -0.39 is 0 Å². The summed E-state index contributed by atoms with van der Waals surface area (Å²) in [6.45, 7) is 7.13. The van der Waals surface area contributed by atoms with Crippen molar-refractivity contribution in [2.75, 3.05) is 0 Å². The molecule has 24 heavy (non-hydrogen) atoms. The van der Waals surface area contributed by atoms with E-state index in [1.807, 2.05) is 11.8 Å². The van der Waals surface area contributed by atoms with Gasteiger partial charge in [-0.15, -0.1) is 0 Å². The minimum absolute atomic E-state index is 0.119. The fourth-order valence-corrected chi connectivity index (χ4v) is 5.35. The van der Waals surface area contributed by atoms with Gasteiger partial charge < -0.3 is 0 Å². The second-order valence-corrected chi connectivity index (χ2v) is 9.66. The number of hydrogen-bond donors (Lipinski definition) is 1. The van der Waals surface area contributed by atoms with Crippen LogP contribution >= 0.6 is 11.8 Å². The Morgan fingerprint density at radius 2 is 1.75 bits per heavy atom. The Morgan fingerprint density at radius 3 is 2.50 bits per heavy atom. The normalized spacial score (nSPS) is 27.3. The highest BCUT2D eigenvalue weighted by Gasteiger charge is 2.43. The van der Waals surface area contributed by atoms with Crippen molar-refractivity contribution in [2.24, 2.45) is 16.4 Å². The summed E-state index contributed by atoms with van der Waals surface area (Å²) in [5.41, 5.74) is 5.19. The Balaban J connectivity index is 1.55. The van der Waals surface area contributed by atoms with Crippen LogP contribution in [0.15, 0.2) is 47.6 Å². The summed E-state index contributed by atoms with van der Waals surface area (Å²) in [6.07, 6.45) is 5.00. The smallest absolute Gasteiger partial charge is 0.126 e. The minimum atomic E-state index is 0.119. The van der Waals surface area contributed by atoms with E-state index in [4.69, 9.17) is 5.10 Å². The fourth-order valence-electron chi connectivity index (χ4n) is 4.07. The van der Waals surface area contributed by atoms with E-state index >= 15 is 0 Å². The molecule has 0 radical (unpaired) electrons. The standard InChI is InChI=1S/C21H26N2S/c1-20(2,3)16-11-13-21(14-12-16)23-22-19(24-21)18-10-6-8-15-7-4-5-9-17(15)18/h4-10,16,23H,11-14H2,1-3H3. The van der Waals surface area contributed by atoms with Crippen molar-refractivity contribution in [3.63, 3.8) is 0 Å². The molecule has 2 aliphatic rings. The van der Waals surface area contributed by atoms with Crippen molar-refractivity contribution in [3.05, 3.63) is 48.0 Å². The average Bonchev–Trinajstić information content (AvgIpc) is 2.97. The summed E-state index contributed by atoms with van der Waals surface area (Å²) < 4.78 is 0. The Kier molecular flexibility index (Phi) is 3.87. The molecule has 0 unspecified atom stereocenters. The third-order valence-electron chi connectivity index (χ3n) is 5.69. The van der Waals surface area contributed by atoms with Gasteiger partial charge in [-0.05, 0) is 47.8 Å². The molecule has 2 nitrogen and oxygen atoms in total. The number of nitrogens with zero attached hydrogens (tertiary/aromatic N) is 1. The maximum atomic E-state index is 4.75. The zero-order chi connectivity index (χ0) is 16.8. The number of thioether (sulfide) groups is 1. The quantitative estimate of drug-likeness (QED) is 0.714. The minimum Gasteiger partial charge on any atom is -0.292 e. The summed E-state index contributed by atoms with van der Waals surface area (Å²) >= 11 is 1.95. The van der Waals surface area contributed by atoms with Crippen LogP contribution in [0.1, 0.15) is 52.0 Å². The SMILES string of the molecule is CC(C)(C)C1CCC2(CC1)NN=C(c1cccc3ccccc13)S2. The number of benzene rings is 2. The molecule has 4 rings (SSSR count). The van der Waals surface area contributed by atoms with Crippen LogP contribution in [0, 0.1) is 11.3 Å². The zero-order valence-electron chi connectivity index (χ0n) is 14.8. The molecule has 0 bridgehead atoms. The number of hydrogen-bond acceptors (Lipinski definition) is 3. The van der Waals surface area contributed by atoms with Gasteiger partial charge in [0.1, 0.15) is 9.91 Å². The van der Waals surface area contributed by atoms with Gasteiger partial charge in [-0.1, -0.05) is 75.0 Å². The fraction of sp³-hybridized carbons (Fsp3) is 0.476. The molecule has 1 aliphatic heterocycles. The Bertz CT molecular complexity index is 775. The highest BCUT2D eigenvalue weighted by molar-refractivity contribution is 8.15. The second kappa shape index (κ2) is 5.80. The van der Waals surface area contributed by atoms with Crippen molar-refractivity contribution in [1.82, 2.24) is 5.43 Å². The molecule has 1 spiro atoms. The van der Waals surface area contributed by atoms with Crippen LogP contribution in [0.2, 0.25) is 0 Å². The third kappa shape index (κ3) is 2.83. The van der Waals surface area contributed by atoms with Crippen LogP contribution in [-0.2, 0) is 0 Å². The summed E-state index contributed by atoms with van der Waals surface area (Å²) in [7, 11) is 0. The number of hydrazone groups is 1. The molecular weight excluding hydrogens is 312 g/mol. The van der Waals surface area contributed by atoms with Gasteiger partial charge in [-0.3, -0.25) is 5.43 Å². The molecule has 2 aromatic rings. The average molecular weight is 339 g/mol. The van der Waals surface area contributed by atoms with Crippen LogP contribution in [0.4, 0.5) is 0 Å². The molecule has 1 heterocycles. The summed E-state index contributed by atoms with van der Waals surface area (Å²) in [6, 6.07) is 15.1. The zero-order valence-corrected chi connectivity index (χ0v) is 15.6. The lowest BCUT2D eigenvalue weighted by molar-refractivity contribution is 0.152. The van der Waals surface area contributed by atoms with E-state index in [9.17, 15) is 0 Å². The molecule has 1 fully saturated rings. The van der Waals surface area contributed by atoms with Crippen molar-refractivity contribution in [3.8, 4) is 0 Å². The van der Waals surface area contributed by atoms with E-state index in [2.05, 4.69) is 68.7 Å². The largest absolute Gasteiger partial charge is 0.292 e. The van der Waals surface area contributed by atoms with E-state index in [-0.39, 0.29) is 4.87 Å². The van der Waals surface area contributed by atoms with Crippen LogP contribution in [0.3, 0.4) is 0 Å². The topological polar surface area (TPSA) is 24.4 Å². The molecule has 1 aliphatic carbocycles. The van der Waals surface area contributed by atoms with Crippen molar-refractivity contribution in [1.29, 1.82) is 0 Å². The van der Waals surface area contributed by atoms with E-state index in [1.165, 1.54) is 42.0 Å².